The van der Waals surface area contributed by atoms with Crippen LogP contribution < -0.4 is 10.1 Å². The lowest BCUT2D eigenvalue weighted by molar-refractivity contribution is 0.417. The molecule has 0 amide bonds. The molecule has 0 radical (unpaired) electrons. The summed E-state index contributed by atoms with van der Waals surface area (Å²) in [4.78, 5) is 4.32. The van der Waals surface area contributed by atoms with E-state index in [2.05, 4.69) is 23.3 Å². The van der Waals surface area contributed by atoms with E-state index in [1.54, 1.807) is 7.11 Å². The molecule has 0 atom stereocenters. The summed E-state index contributed by atoms with van der Waals surface area (Å²) in [6.45, 7) is 2.08. The number of hydrogen-bond donors (Lipinski definition) is 1. The van der Waals surface area contributed by atoms with Gasteiger partial charge in [-0.1, -0.05) is 0 Å². The average Bonchev–Trinajstić information content (AvgIpc) is 2.28. The first-order valence-corrected chi connectivity index (χ1v) is 4.87. The highest BCUT2D eigenvalue weighted by Gasteiger charge is 2.05. The predicted octanol–water partition coefficient (Wildman–Crippen LogP) is 2.59. The van der Waals surface area contributed by atoms with E-state index < -0.39 is 0 Å². The number of fused-ring (bicyclic) bond motifs is 1. The zero-order chi connectivity index (χ0) is 10.8. The van der Waals surface area contributed by atoms with E-state index in [0.717, 1.165) is 22.3 Å². The molecule has 0 aliphatic rings. The number of nitrogens with zero attached hydrogens (tertiary/aromatic N) is 1. The number of benzene rings is 1. The molecule has 3 nitrogen and oxygen atoms in total. The second-order valence-electron chi connectivity index (χ2n) is 3.45. The molecule has 0 bridgehead atoms. The maximum atomic E-state index is 5.28. The fourth-order valence-electron chi connectivity index (χ4n) is 1.68. The highest BCUT2D eigenvalue weighted by atomic mass is 16.5. The first-order chi connectivity index (χ1) is 7.26. The van der Waals surface area contributed by atoms with Crippen molar-refractivity contribution in [2.24, 2.45) is 0 Å². The number of nitrogens with one attached hydrogen (secondary N) is 1. The molecule has 78 valence electrons. The Balaban J connectivity index is 2.75. The number of rotatable bonds is 2. The van der Waals surface area contributed by atoms with Gasteiger partial charge in [0, 0.05) is 24.7 Å². The maximum absolute atomic E-state index is 5.28. The lowest BCUT2D eigenvalue weighted by Crippen LogP contribution is -1.95. The first-order valence-electron chi connectivity index (χ1n) is 4.87. The first kappa shape index (κ1) is 9.77. The normalized spacial score (nSPS) is 10.3. The Morgan fingerprint density at radius 2 is 2.13 bits per heavy atom. The van der Waals surface area contributed by atoms with Crippen molar-refractivity contribution in [1.82, 2.24) is 4.98 Å². The highest BCUT2D eigenvalue weighted by molar-refractivity contribution is 5.88. The van der Waals surface area contributed by atoms with Crippen LogP contribution in [0.25, 0.3) is 10.9 Å². The molecule has 2 aromatic rings. The zero-order valence-corrected chi connectivity index (χ0v) is 9.16. The maximum Gasteiger partial charge on any atom is 0.144 e. The smallest absolute Gasteiger partial charge is 0.144 e. The molecule has 0 spiro atoms. The quantitative estimate of drug-likeness (QED) is 0.812. The van der Waals surface area contributed by atoms with E-state index in [4.69, 9.17) is 4.74 Å². The van der Waals surface area contributed by atoms with Crippen LogP contribution in [0, 0.1) is 6.92 Å². The number of pyridine rings is 1. The van der Waals surface area contributed by atoms with Crippen LogP contribution in [-0.4, -0.2) is 19.1 Å². The second-order valence-corrected chi connectivity index (χ2v) is 3.45. The Morgan fingerprint density at radius 1 is 1.33 bits per heavy atom. The number of ether oxygens (including phenoxy) is 1. The van der Waals surface area contributed by atoms with Crippen LogP contribution in [0.2, 0.25) is 0 Å². The Hall–Kier alpha value is -1.77. The number of methoxy groups -OCH3 is 1. The van der Waals surface area contributed by atoms with Crippen LogP contribution in [-0.2, 0) is 0 Å². The van der Waals surface area contributed by atoms with Crippen molar-refractivity contribution < 1.29 is 4.74 Å². The fraction of sp³-hybridized carbons (Fsp3) is 0.250. The summed E-state index contributed by atoms with van der Waals surface area (Å²) >= 11 is 0. The van der Waals surface area contributed by atoms with Crippen LogP contribution in [0.5, 0.6) is 5.75 Å². The van der Waals surface area contributed by atoms with E-state index in [-0.39, 0.29) is 0 Å². The van der Waals surface area contributed by atoms with Gasteiger partial charge in [-0.2, -0.15) is 0 Å². The highest BCUT2D eigenvalue weighted by Crippen LogP contribution is 2.30. The monoisotopic (exact) mass is 202 g/mol. The molecular formula is C12H14N2O. The zero-order valence-electron chi connectivity index (χ0n) is 9.16. The van der Waals surface area contributed by atoms with Crippen LogP contribution in [0.3, 0.4) is 0 Å². The standard InChI is InChI=1S/C12H14N2O/c1-8-4-5-14-10-7-12(15-3)11(13-2)6-9(8)10/h4-7,13H,1-3H3. The van der Waals surface area contributed by atoms with Crippen molar-refractivity contribution in [1.29, 1.82) is 0 Å². The minimum Gasteiger partial charge on any atom is -0.495 e. The predicted molar refractivity (Wildman–Crippen MR) is 62.6 cm³/mol. The molecule has 1 heterocycles. The molecule has 0 saturated carbocycles. The topological polar surface area (TPSA) is 34.2 Å². The van der Waals surface area contributed by atoms with Gasteiger partial charge in [0.05, 0.1) is 18.3 Å². The summed E-state index contributed by atoms with van der Waals surface area (Å²) in [5.41, 5.74) is 3.17. The third-order valence-corrected chi connectivity index (χ3v) is 2.55. The van der Waals surface area contributed by atoms with E-state index in [9.17, 15) is 0 Å². The van der Waals surface area contributed by atoms with Gasteiger partial charge in [-0.05, 0) is 24.6 Å². The molecule has 0 unspecified atom stereocenters. The van der Waals surface area contributed by atoms with Gasteiger partial charge < -0.3 is 10.1 Å². The summed E-state index contributed by atoms with van der Waals surface area (Å²) in [5.74, 6) is 0.822. The lowest BCUT2D eigenvalue weighted by atomic mass is 10.1. The van der Waals surface area contributed by atoms with Gasteiger partial charge in [0.1, 0.15) is 5.75 Å². The third-order valence-electron chi connectivity index (χ3n) is 2.55. The number of hydrogen-bond acceptors (Lipinski definition) is 3. The van der Waals surface area contributed by atoms with Crippen LogP contribution in [0.1, 0.15) is 5.56 Å². The van der Waals surface area contributed by atoms with Gasteiger partial charge in [0.25, 0.3) is 0 Å². The van der Waals surface area contributed by atoms with Gasteiger partial charge in [0.15, 0.2) is 0 Å². The summed E-state index contributed by atoms with van der Waals surface area (Å²) in [6, 6.07) is 6.03. The summed E-state index contributed by atoms with van der Waals surface area (Å²) < 4.78 is 5.28. The molecule has 1 aromatic heterocycles. The molecule has 0 aliphatic heterocycles. The van der Waals surface area contributed by atoms with E-state index in [1.807, 2.05) is 25.4 Å². The Labute approximate surface area is 89.1 Å². The van der Waals surface area contributed by atoms with Gasteiger partial charge in [0.2, 0.25) is 0 Å². The SMILES string of the molecule is CNc1cc2c(C)ccnc2cc1OC. The molecule has 0 fully saturated rings. The summed E-state index contributed by atoms with van der Waals surface area (Å²) in [6.07, 6.45) is 1.82. The van der Waals surface area contributed by atoms with Crippen LogP contribution >= 0.6 is 0 Å². The molecule has 0 aliphatic carbocycles. The van der Waals surface area contributed by atoms with Crippen molar-refractivity contribution in [2.75, 3.05) is 19.5 Å². The number of aromatic nitrogens is 1. The van der Waals surface area contributed by atoms with E-state index in [0.29, 0.717) is 0 Å². The second kappa shape index (κ2) is 3.77. The van der Waals surface area contributed by atoms with Crippen molar-refractivity contribution in [2.45, 2.75) is 6.92 Å². The van der Waals surface area contributed by atoms with E-state index in [1.165, 1.54) is 5.56 Å². The average molecular weight is 202 g/mol. The molecule has 1 N–H and O–H groups in total. The third kappa shape index (κ3) is 1.61. The molecule has 3 heteroatoms. The molecule has 2 rings (SSSR count). The lowest BCUT2D eigenvalue weighted by Gasteiger charge is -2.10. The number of aryl methyl sites for hydroxylation is 1. The van der Waals surface area contributed by atoms with Crippen molar-refractivity contribution >= 4 is 16.6 Å². The fourth-order valence-corrected chi connectivity index (χ4v) is 1.68. The Kier molecular flexibility index (Phi) is 2.46. The molecule has 0 saturated heterocycles. The number of anilines is 1. The largest absolute Gasteiger partial charge is 0.495 e. The van der Waals surface area contributed by atoms with Crippen LogP contribution in [0.15, 0.2) is 24.4 Å². The summed E-state index contributed by atoms with van der Waals surface area (Å²) in [7, 11) is 3.55. The van der Waals surface area contributed by atoms with Crippen molar-refractivity contribution in [3.05, 3.63) is 30.0 Å². The van der Waals surface area contributed by atoms with Crippen molar-refractivity contribution in [3.63, 3.8) is 0 Å². The van der Waals surface area contributed by atoms with Gasteiger partial charge >= 0.3 is 0 Å². The summed E-state index contributed by atoms with van der Waals surface area (Å²) in [5, 5.41) is 4.27. The van der Waals surface area contributed by atoms with Gasteiger partial charge in [-0.3, -0.25) is 4.98 Å². The molecule has 15 heavy (non-hydrogen) atoms. The van der Waals surface area contributed by atoms with Crippen molar-refractivity contribution in [3.8, 4) is 5.75 Å². The van der Waals surface area contributed by atoms with Gasteiger partial charge in [-0.15, -0.1) is 0 Å². The minimum atomic E-state index is 0.822. The molecule has 1 aromatic carbocycles. The van der Waals surface area contributed by atoms with Crippen LogP contribution in [0.4, 0.5) is 5.69 Å². The Morgan fingerprint density at radius 3 is 2.80 bits per heavy atom. The van der Waals surface area contributed by atoms with E-state index >= 15 is 0 Å². The minimum absolute atomic E-state index is 0.822. The Bertz CT molecular complexity index is 494. The molecular weight excluding hydrogens is 188 g/mol. The van der Waals surface area contributed by atoms with Gasteiger partial charge in [-0.25, -0.2) is 0 Å².